The Labute approximate surface area is 539 Å². The lowest BCUT2D eigenvalue weighted by molar-refractivity contribution is 0.332. The van der Waals surface area contributed by atoms with E-state index in [2.05, 4.69) is 316 Å². The molecule has 0 bridgehead atoms. The van der Waals surface area contributed by atoms with Gasteiger partial charge in [0.25, 0.3) is 13.4 Å². The highest BCUT2D eigenvalue weighted by Crippen LogP contribution is 2.52. The van der Waals surface area contributed by atoms with Crippen molar-refractivity contribution in [3.63, 3.8) is 0 Å². The van der Waals surface area contributed by atoms with E-state index in [-0.39, 0.29) is 24.3 Å². The van der Waals surface area contributed by atoms with Gasteiger partial charge in [0.1, 0.15) is 23.2 Å². The number of fused-ring (bicyclic) bond motifs is 9. The molecule has 0 fully saturated rings. The molecule has 10 nitrogen and oxygen atoms in total. The van der Waals surface area contributed by atoms with E-state index in [1.165, 1.54) is 16.6 Å². The Kier molecular flexibility index (Phi) is 12.6. The van der Waals surface area contributed by atoms with Gasteiger partial charge >= 0.3 is 0 Å². The van der Waals surface area contributed by atoms with E-state index >= 15 is 0 Å². The molecular weight excluding hydrogens is 1120 g/mol. The summed E-state index contributed by atoms with van der Waals surface area (Å²) < 4.78 is 7.18. The Morgan fingerprint density at radius 2 is 0.772 bits per heavy atom. The minimum absolute atomic E-state index is 0.0236. The molecule has 12 aromatic rings. The molecular formula is C80H67B2N9O. The molecule has 0 saturated carbocycles. The molecule has 0 unspecified atom stereocenters. The van der Waals surface area contributed by atoms with E-state index in [9.17, 15) is 0 Å². The number of rotatable bonds is 9. The van der Waals surface area contributed by atoms with Gasteiger partial charge in [-0.3, -0.25) is 24.5 Å². The van der Waals surface area contributed by atoms with Gasteiger partial charge in [0.2, 0.25) is 17.8 Å². The molecule has 444 valence electrons. The highest BCUT2D eigenvalue weighted by atomic mass is 16.5. The molecule has 0 spiro atoms. The lowest BCUT2D eigenvalue weighted by Gasteiger charge is -2.46. The summed E-state index contributed by atoms with van der Waals surface area (Å²) in [4.78, 5) is 35.3. The zero-order valence-corrected chi connectivity index (χ0v) is 53.0. The van der Waals surface area contributed by atoms with Crippen LogP contribution in [0.3, 0.4) is 0 Å². The number of nitrogens with zero attached hydrogens (tertiary/aromatic N) is 9. The largest absolute Gasteiger partial charge is 0.440 e. The third-order valence-electron chi connectivity index (χ3n) is 20.1. The molecule has 5 aliphatic rings. The van der Waals surface area contributed by atoms with Crippen LogP contribution in [-0.2, 0) is 10.8 Å². The van der Waals surface area contributed by atoms with Crippen LogP contribution < -0.4 is 62.0 Å². The van der Waals surface area contributed by atoms with Crippen LogP contribution in [0.25, 0.3) is 0 Å². The van der Waals surface area contributed by atoms with E-state index in [4.69, 9.17) is 24.7 Å². The third-order valence-corrected chi connectivity index (χ3v) is 20.1. The summed E-state index contributed by atoms with van der Waals surface area (Å²) >= 11 is 0. The smallest absolute Gasteiger partial charge is 0.260 e. The first kappa shape index (κ1) is 55.4. The normalized spacial score (nSPS) is 14.8. The number of anilines is 15. The molecule has 0 N–H and O–H groups in total. The Morgan fingerprint density at radius 1 is 0.359 bits per heavy atom. The topological polar surface area (TPSA) is 77.0 Å². The lowest BCUT2D eigenvalue weighted by atomic mass is 9.31. The van der Waals surface area contributed by atoms with Gasteiger partial charge in [-0.1, -0.05) is 185 Å². The maximum Gasteiger partial charge on any atom is 0.260 e. The van der Waals surface area contributed by atoms with Crippen LogP contribution in [0, 0.1) is 27.7 Å². The van der Waals surface area contributed by atoms with E-state index in [0.717, 1.165) is 142 Å². The lowest BCUT2D eigenvalue weighted by Crippen LogP contribution is -2.65. The Morgan fingerprint density at radius 3 is 1.29 bits per heavy atom. The molecule has 4 aliphatic heterocycles. The van der Waals surface area contributed by atoms with Gasteiger partial charge in [0.05, 0.1) is 22.7 Å². The van der Waals surface area contributed by atoms with Crippen molar-refractivity contribution in [2.45, 2.75) is 79.1 Å². The van der Waals surface area contributed by atoms with Gasteiger partial charge in [-0.15, -0.1) is 0 Å². The Hall–Kier alpha value is -10.7. The summed E-state index contributed by atoms with van der Waals surface area (Å²) in [6, 6.07) is 85.3. The quantitative estimate of drug-likeness (QED) is 0.130. The first-order valence-corrected chi connectivity index (χ1v) is 32.2. The molecule has 0 saturated heterocycles. The number of benzene rings is 10. The van der Waals surface area contributed by atoms with Crippen molar-refractivity contribution < 1.29 is 4.74 Å². The molecule has 6 heterocycles. The molecule has 0 radical (unpaired) electrons. The molecule has 2 aromatic heterocycles. The number of aromatic nitrogens is 4. The van der Waals surface area contributed by atoms with Crippen LogP contribution in [0.1, 0.15) is 73.9 Å². The second-order valence-corrected chi connectivity index (χ2v) is 26.7. The third kappa shape index (κ3) is 8.49. The summed E-state index contributed by atoms with van der Waals surface area (Å²) in [5.41, 5.74) is 23.6. The van der Waals surface area contributed by atoms with Crippen LogP contribution in [0.2, 0.25) is 0 Å². The fourth-order valence-electron chi connectivity index (χ4n) is 15.4. The van der Waals surface area contributed by atoms with E-state index in [1.807, 2.05) is 0 Å². The molecule has 1 aliphatic carbocycles. The SMILES string of the molecule is Cc1ccccc1N(c1nc2c3c(n1)N(c1ccccc1)c1cc4c(cc1B3c1ccccc1O2)B1c2ccccc2N(c2ccc3c(c2)C(C)(C)CCC3(C)C)c2nc(N(c3ccccc3C)c3ccccc3C)nc(c21)N4c1ccccc1)c1ccccc1C. The predicted octanol–water partition coefficient (Wildman–Crippen LogP) is 16.3. The summed E-state index contributed by atoms with van der Waals surface area (Å²) in [5, 5.41) is 0. The Balaban J connectivity index is 0.983. The van der Waals surface area contributed by atoms with Crippen molar-refractivity contribution in [1.29, 1.82) is 0 Å². The van der Waals surface area contributed by atoms with Gasteiger partial charge in [-0.25, -0.2) is 0 Å². The second-order valence-electron chi connectivity index (χ2n) is 26.7. The van der Waals surface area contributed by atoms with Crippen LogP contribution in [-0.4, -0.2) is 33.4 Å². The summed E-state index contributed by atoms with van der Waals surface area (Å²) in [6.45, 7) is 17.7. The van der Waals surface area contributed by atoms with Crippen LogP contribution in [0.15, 0.2) is 237 Å². The Bertz CT molecular complexity index is 4900. The average molecular weight is 1190 g/mol. The number of hydrogen-bond acceptors (Lipinski definition) is 10. The summed E-state index contributed by atoms with van der Waals surface area (Å²) in [5.74, 6) is 4.73. The van der Waals surface area contributed by atoms with Crippen molar-refractivity contribution in [3.05, 3.63) is 270 Å². The van der Waals surface area contributed by atoms with Gasteiger partial charge in [-0.05, 0) is 185 Å². The first-order valence-electron chi connectivity index (χ1n) is 32.2. The van der Waals surface area contributed by atoms with Gasteiger partial charge < -0.3 is 4.74 Å². The highest BCUT2D eigenvalue weighted by molar-refractivity contribution is 7.02. The molecule has 0 atom stereocenters. The van der Waals surface area contributed by atoms with Gasteiger partial charge in [-0.2, -0.15) is 19.9 Å². The van der Waals surface area contributed by atoms with Crippen molar-refractivity contribution in [1.82, 2.24) is 19.9 Å². The minimum atomic E-state index is -0.329. The van der Waals surface area contributed by atoms with E-state index in [0.29, 0.717) is 17.8 Å². The standard InChI is InChI=1S/C80H67B2N9O/c1-50-27-15-21-37-63(50)90(64-38-22-16-28-51(64)2)77-83-73-71-74(84-77)89(56-43-44-57-58(47-56)80(7,8)46-45-79(57,5)6)67-41-25-19-35-59(67)81(71)61-48-62-69(49-68(61)87(73)54-31-11-9-12-32-54)88(55-33-13-10-14-34-55)75-72-76(92-70-42-26-20-36-60(70)82(62)72)86-78(85-75)91(65-39-23-17-29-52(65)3)66-40-24-18-30-53(66)4/h9-44,47-49H,45-46H2,1-8H3. The van der Waals surface area contributed by atoms with Crippen molar-refractivity contribution in [3.8, 4) is 11.6 Å². The van der Waals surface area contributed by atoms with E-state index in [1.54, 1.807) is 0 Å². The zero-order chi connectivity index (χ0) is 62.3. The van der Waals surface area contributed by atoms with Crippen molar-refractivity contribution in [2.75, 3.05) is 24.5 Å². The van der Waals surface area contributed by atoms with Crippen LogP contribution in [0.4, 0.5) is 86.2 Å². The van der Waals surface area contributed by atoms with Crippen molar-refractivity contribution in [2.24, 2.45) is 0 Å². The fourth-order valence-corrected chi connectivity index (χ4v) is 15.4. The second kappa shape index (κ2) is 20.9. The monoisotopic (exact) mass is 1190 g/mol. The van der Waals surface area contributed by atoms with Crippen LogP contribution >= 0.6 is 0 Å². The number of para-hydroxylation sites is 8. The summed E-state index contributed by atoms with van der Waals surface area (Å²) in [7, 11) is 0. The first-order chi connectivity index (χ1) is 44.8. The van der Waals surface area contributed by atoms with Gasteiger partial charge in [0, 0.05) is 45.0 Å². The van der Waals surface area contributed by atoms with Gasteiger partial charge in [0.15, 0.2) is 0 Å². The average Bonchev–Trinajstić information content (AvgIpc) is 0.702. The molecule has 92 heavy (non-hydrogen) atoms. The predicted molar refractivity (Wildman–Crippen MR) is 381 cm³/mol. The molecule has 17 rings (SSSR count). The minimum Gasteiger partial charge on any atom is -0.440 e. The number of hydrogen-bond donors (Lipinski definition) is 0. The summed E-state index contributed by atoms with van der Waals surface area (Å²) in [6.07, 6.45) is 2.22. The highest BCUT2D eigenvalue weighted by Gasteiger charge is 2.51. The maximum atomic E-state index is 7.18. The van der Waals surface area contributed by atoms with E-state index < -0.39 is 0 Å². The van der Waals surface area contributed by atoms with Crippen LogP contribution in [0.5, 0.6) is 11.6 Å². The number of aryl methyl sites for hydroxylation is 4. The number of ether oxygens (including phenoxy) is 1. The molecule has 10 aromatic carbocycles. The zero-order valence-electron chi connectivity index (χ0n) is 53.0. The molecule has 0 amide bonds. The fraction of sp³-hybridized carbons (Fsp3) is 0.150. The maximum absolute atomic E-state index is 7.18. The van der Waals surface area contributed by atoms with Crippen molar-refractivity contribution >= 4 is 132 Å². The molecule has 12 heteroatoms.